The number of nitrogens with one attached hydrogen (secondary N) is 2. The van der Waals surface area contributed by atoms with Crippen LogP contribution in [0, 0.1) is 0 Å². The number of carbonyl (C=O) groups is 2. The Morgan fingerprint density at radius 2 is 2.12 bits per heavy atom. The van der Waals surface area contributed by atoms with E-state index in [0.29, 0.717) is 43.4 Å². The zero-order valence-corrected chi connectivity index (χ0v) is 18.4. The Morgan fingerprint density at radius 3 is 2.91 bits per heavy atom. The molecule has 2 atom stereocenters. The summed E-state index contributed by atoms with van der Waals surface area (Å²) in [5.41, 5.74) is 1.41. The third kappa shape index (κ3) is 4.08. The van der Waals surface area contributed by atoms with E-state index in [1.807, 2.05) is 10.2 Å². The van der Waals surface area contributed by atoms with Crippen LogP contribution in [0.4, 0.5) is 35.3 Å². The summed E-state index contributed by atoms with van der Waals surface area (Å²) in [5, 5.41) is 4.71. The monoisotopic (exact) mass is 476 g/mol. The van der Waals surface area contributed by atoms with Gasteiger partial charge in [0.25, 0.3) is 5.91 Å². The Morgan fingerprint density at radius 1 is 1.29 bits per heavy atom. The molecule has 2 aromatic rings. The number of amides is 3. The van der Waals surface area contributed by atoms with Crippen molar-refractivity contribution in [2.75, 3.05) is 34.8 Å². The Bertz CT molecular complexity index is 1140. The Balaban J connectivity index is 1.41. The smallest absolute Gasteiger partial charge is 0.408 e. The fraction of sp³-hybridized carbons (Fsp3) is 0.455. The molecular weight excluding hydrogens is 453 g/mol. The molecule has 3 aliphatic heterocycles. The van der Waals surface area contributed by atoms with Gasteiger partial charge in [-0.2, -0.15) is 13.2 Å². The highest BCUT2D eigenvalue weighted by molar-refractivity contribution is 6.05. The lowest BCUT2D eigenvalue weighted by Gasteiger charge is -2.35. The van der Waals surface area contributed by atoms with Crippen LogP contribution in [0.1, 0.15) is 35.8 Å². The number of carbonyl (C=O) groups excluding carboxylic acids is 2. The van der Waals surface area contributed by atoms with E-state index < -0.39 is 24.2 Å². The first-order chi connectivity index (χ1) is 16.2. The molecule has 0 aromatic carbocycles. The van der Waals surface area contributed by atoms with E-state index in [-0.39, 0.29) is 17.6 Å². The number of fused-ring (bicyclic) bond motifs is 5. The summed E-state index contributed by atoms with van der Waals surface area (Å²) in [5.74, 6) is 0.339. The van der Waals surface area contributed by atoms with Crippen LogP contribution >= 0.6 is 0 Å². The Hall–Kier alpha value is -3.57. The van der Waals surface area contributed by atoms with Crippen molar-refractivity contribution in [2.24, 2.45) is 0 Å². The summed E-state index contributed by atoms with van der Waals surface area (Å²) in [7, 11) is 0. The molecule has 5 heterocycles. The molecule has 1 fully saturated rings. The van der Waals surface area contributed by atoms with Gasteiger partial charge in [0.2, 0.25) is 0 Å². The summed E-state index contributed by atoms with van der Waals surface area (Å²) in [6, 6.07) is 2.08. The highest BCUT2D eigenvalue weighted by Crippen LogP contribution is 2.39. The van der Waals surface area contributed by atoms with Gasteiger partial charge in [0.1, 0.15) is 23.3 Å². The van der Waals surface area contributed by atoms with Crippen molar-refractivity contribution in [3.63, 3.8) is 0 Å². The van der Waals surface area contributed by atoms with E-state index in [1.54, 1.807) is 18.3 Å². The van der Waals surface area contributed by atoms with Crippen molar-refractivity contribution in [2.45, 2.75) is 44.4 Å². The van der Waals surface area contributed by atoms with E-state index in [2.05, 4.69) is 15.3 Å². The predicted octanol–water partition coefficient (Wildman–Crippen LogP) is 3.11. The molecule has 12 heteroatoms. The number of pyridine rings is 2. The molecule has 0 saturated carbocycles. The molecule has 0 spiro atoms. The zero-order chi connectivity index (χ0) is 24.0. The second-order valence-corrected chi connectivity index (χ2v) is 8.59. The van der Waals surface area contributed by atoms with Crippen molar-refractivity contribution >= 4 is 29.3 Å². The highest BCUT2D eigenvalue weighted by Gasteiger charge is 2.41. The van der Waals surface area contributed by atoms with Crippen LogP contribution in [0.15, 0.2) is 24.4 Å². The molecule has 9 nitrogen and oxygen atoms in total. The number of hydrogen-bond donors (Lipinski definition) is 2. The second-order valence-electron chi connectivity index (χ2n) is 8.59. The van der Waals surface area contributed by atoms with Gasteiger partial charge in [-0.25, -0.2) is 14.8 Å². The summed E-state index contributed by atoms with van der Waals surface area (Å²) in [4.78, 5) is 37.8. The second kappa shape index (κ2) is 8.33. The maximum absolute atomic E-state index is 13.3. The molecule has 34 heavy (non-hydrogen) atoms. The van der Waals surface area contributed by atoms with Crippen LogP contribution in [0.2, 0.25) is 0 Å². The third-order valence-corrected chi connectivity index (χ3v) is 6.27. The minimum atomic E-state index is -4.58. The Labute approximate surface area is 193 Å². The largest absolute Gasteiger partial charge is 0.492 e. The summed E-state index contributed by atoms with van der Waals surface area (Å²) < 4.78 is 44.2. The van der Waals surface area contributed by atoms with E-state index in [9.17, 15) is 22.8 Å². The zero-order valence-electron chi connectivity index (χ0n) is 18.4. The highest BCUT2D eigenvalue weighted by atomic mass is 19.4. The van der Waals surface area contributed by atoms with Crippen molar-refractivity contribution in [1.29, 1.82) is 0 Å². The van der Waals surface area contributed by atoms with Crippen LogP contribution in [0.25, 0.3) is 0 Å². The van der Waals surface area contributed by atoms with E-state index in [4.69, 9.17) is 4.74 Å². The standard InChI is InChI=1S/C22H23F3N6O3/c1-12(22(23,24)25)27-20(32)15-4-5-16-19(28-15)31(14-6-7-30(16)11-14)21(33)29-18-9-13-3-2-8-34-17(13)10-26-18/h4-5,9-10,12,14H,2-3,6-8,11H2,1H3,(H,27,32)(H,26,29,33). The SMILES string of the molecule is CC(NC(=O)c1ccc2c(n1)N(C(=O)Nc1cc3c(cn1)OCCC3)C1CCN2C1)C(F)(F)F. The van der Waals surface area contributed by atoms with Gasteiger partial charge in [0.15, 0.2) is 5.82 Å². The molecule has 0 radical (unpaired) electrons. The average Bonchev–Trinajstić information content (AvgIpc) is 3.22. The minimum Gasteiger partial charge on any atom is -0.492 e. The number of hydrogen-bond acceptors (Lipinski definition) is 6. The first-order valence-electron chi connectivity index (χ1n) is 11.1. The Kier molecular flexibility index (Phi) is 5.45. The van der Waals surface area contributed by atoms with Gasteiger partial charge in [-0.3, -0.25) is 15.0 Å². The topological polar surface area (TPSA) is 99.7 Å². The third-order valence-electron chi connectivity index (χ3n) is 6.27. The number of aryl methyl sites for hydroxylation is 1. The van der Waals surface area contributed by atoms with Crippen molar-refractivity contribution < 1.29 is 27.5 Å². The number of anilines is 3. The number of halogens is 3. The fourth-order valence-corrected chi connectivity index (χ4v) is 4.44. The van der Waals surface area contributed by atoms with Gasteiger partial charge >= 0.3 is 12.2 Å². The van der Waals surface area contributed by atoms with Gasteiger partial charge < -0.3 is 15.0 Å². The number of alkyl halides is 3. The van der Waals surface area contributed by atoms with Gasteiger partial charge in [0, 0.05) is 13.1 Å². The molecular formula is C22H23F3N6O3. The number of ether oxygens (including phenoxy) is 1. The van der Waals surface area contributed by atoms with Gasteiger partial charge in [-0.05, 0) is 49.9 Å². The summed E-state index contributed by atoms with van der Waals surface area (Å²) in [6.45, 7) is 2.80. The lowest BCUT2D eigenvalue weighted by Crippen LogP contribution is -2.49. The molecule has 0 aliphatic carbocycles. The van der Waals surface area contributed by atoms with Gasteiger partial charge in [0.05, 0.1) is 24.5 Å². The van der Waals surface area contributed by atoms with Crippen LogP contribution in [-0.2, 0) is 6.42 Å². The van der Waals surface area contributed by atoms with Crippen molar-refractivity contribution in [3.05, 3.63) is 35.7 Å². The molecule has 1 saturated heterocycles. The minimum absolute atomic E-state index is 0.187. The number of aromatic nitrogens is 2. The molecule has 2 N–H and O–H groups in total. The molecule has 2 aromatic heterocycles. The number of urea groups is 1. The van der Waals surface area contributed by atoms with Gasteiger partial charge in [-0.15, -0.1) is 0 Å². The molecule has 2 bridgehead atoms. The lowest BCUT2D eigenvalue weighted by molar-refractivity contribution is -0.149. The van der Waals surface area contributed by atoms with E-state index >= 15 is 0 Å². The molecule has 3 aliphatic rings. The van der Waals surface area contributed by atoms with Gasteiger partial charge in [-0.1, -0.05) is 0 Å². The maximum atomic E-state index is 13.3. The lowest BCUT2D eigenvalue weighted by atomic mass is 10.1. The number of nitrogens with zero attached hydrogens (tertiary/aromatic N) is 4. The molecule has 3 amide bonds. The molecule has 180 valence electrons. The quantitative estimate of drug-likeness (QED) is 0.706. The maximum Gasteiger partial charge on any atom is 0.408 e. The average molecular weight is 476 g/mol. The normalized spacial score (nSPS) is 19.6. The first kappa shape index (κ1) is 22.2. The first-order valence-corrected chi connectivity index (χ1v) is 11.1. The fourth-order valence-electron chi connectivity index (χ4n) is 4.44. The molecule has 5 rings (SSSR count). The van der Waals surface area contributed by atoms with Crippen LogP contribution < -0.4 is 25.2 Å². The van der Waals surface area contributed by atoms with E-state index in [1.165, 1.54) is 11.0 Å². The summed E-state index contributed by atoms with van der Waals surface area (Å²) in [6.07, 6.45) is -0.603. The van der Waals surface area contributed by atoms with Crippen LogP contribution in [0.3, 0.4) is 0 Å². The summed E-state index contributed by atoms with van der Waals surface area (Å²) >= 11 is 0. The molecule has 2 unspecified atom stereocenters. The van der Waals surface area contributed by atoms with Crippen LogP contribution in [-0.4, -0.2) is 59.9 Å². The number of rotatable bonds is 3. The predicted molar refractivity (Wildman–Crippen MR) is 117 cm³/mol. The van der Waals surface area contributed by atoms with Crippen molar-refractivity contribution in [1.82, 2.24) is 15.3 Å². The van der Waals surface area contributed by atoms with Crippen molar-refractivity contribution in [3.8, 4) is 5.75 Å². The van der Waals surface area contributed by atoms with Crippen LogP contribution in [0.5, 0.6) is 5.75 Å². The van der Waals surface area contributed by atoms with E-state index in [0.717, 1.165) is 25.3 Å².